The third kappa shape index (κ3) is 4.17. The second-order valence-corrected chi connectivity index (χ2v) is 7.90. The molecule has 0 aliphatic rings. The Morgan fingerprint density at radius 2 is 1.52 bits per heavy atom. The molecule has 1 atom stereocenters. The fraction of sp³-hybridized carbons (Fsp3) is 0.238. The molecule has 29 heavy (non-hydrogen) atoms. The Morgan fingerprint density at radius 3 is 2.24 bits per heavy atom. The van der Waals surface area contributed by atoms with Crippen LogP contribution in [0.25, 0.3) is 22.9 Å². The predicted molar refractivity (Wildman–Crippen MR) is 110 cm³/mol. The highest BCUT2D eigenvalue weighted by Gasteiger charge is 2.20. The summed E-state index contributed by atoms with van der Waals surface area (Å²) in [6, 6.07) is 13.5. The van der Waals surface area contributed by atoms with Gasteiger partial charge in [0.15, 0.2) is 0 Å². The molecule has 8 heteroatoms. The quantitative estimate of drug-likeness (QED) is 0.399. The van der Waals surface area contributed by atoms with E-state index in [9.17, 15) is 0 Å². The van der Waals surface area contributed by atoms with Crippen molar-refractivity contribution in [1.82, 2.24) is 20.4 Å². The SMILES string of the molecule is COc1ccc(-c2nnc([C@H](C)Sc3nnc(-c4ccc(C)c(C)c4)o3)o2)cc1. The van der Waals surface area contributed by atoms with Crippen molar-refractivity contribution in [2.24, 2.45) is 0 Å². The third-order valence-corrected chi connectivity index (χ3v) is 5.49. The molecule has 2 heterocycles. The number of rotatable bonds is 6. The van der Waals surface area contributed by atoms with Crippen molar-refractivity contribution in [3.63, 3.8) is 0 Å². The number of aryl methyl sites for hydroxylation is 2. The van der Waals surface area contributed by atoms with E-state index in [1.165, 1.54) is 22.9 Å². The second kappa shape index (κ2) is 8.08. The molecule has 7 nitrogen and oxygen atoms in total. The molecular weight excluding hydrogens is 388 g/mol. The lowest BCUT2D eigenvalue weighted by molar-refractivity contribution is 0.415. The molecular formula is C21H20N4O3S. The largest absolute Gasteiger partial charge is 0.497 e. The van der Waals surface area contributed by atoms with Crippen LogP contribution in [-0.4, -0.2) is 27.5 Å². The molecule has 0 unspecified atom stereocenters. The number of methoxy groups -OCH3 is 1. The molecule has 0 N–H and O–H groups in total. The minimum Gasteiger partial charge on any atom is -0.497 e. The molecule has 0 radical (unpaired) electrons. The molecule has 2 aromatic heterocycles. The Labute approximate surface area is 172 Å². The molecule has 2 aromatic carbocycles. The first-order chi connectivity index (χ1) is 14.0. The normalized spacial score (nSPS) is 12.1. The van der Waals surface area contributed by atoms with E-state index in [-0.39, 0.29) is 5.25 Å². The molecule has 0 amide bonds. The number of benzene rings is 2. The van der Waals surface area contributed by atoms with Gasteiger partial charge in [-0.05, 0) is 68.3 Å². The van der Waals surface area contributed by atoms with Gasteiger partial charge in [0.25, 0.3) is 5.22 Å². The highest BCUT2D eigenvalue weighted by atomic mass is 32.2. The van der Waals surface area contributed by atoms with Gasteiger partial charge in [-0.15, -0.1) is 20.4 Å². The summed E-state index contributed by atoms with van der Waals surface area (Å²) in [5.74, 6) is 2.21. The van der Waals surface area contributed by atoms with E-state index in [0.29, 0.717) is 22.9 Å². The Bertz CT molecular complexity index is 1120. The van der Waals surface area contributed by atoms with Crippen LogP contribution in [0.3, 0.4) is 0 Å². The van der Waals surface area contributed by atoms with Gasteiger partial charge in [-0.1, -0.05) is 17.8 Å². The van der Waals surface area contributed by atoms with Crippen LogP contribution >= 0.6 is 11.8 Å². The predicted octanol–water partition coefficient (Wildman–Crippen LogP) is 5.27. The highest BCUT2D eigenvalue weighted by Crippen LogP contribution is 2.35. The standard InChI is InChI=1S/C21H20N4O3S/c1-12-5-6-16(11-13(12)2)20-24-25-21(28-20)29-14(3)18-22-23-19(27-18)15-7-9-17(26-4)10-8-15/h5-11,14H,1-4H3/t14-/m0/s1. The summed E-state index contributed by atoms with van der Waals surface area (Å²) >= 11 is 1.38. The average Bonchev–Trinajstić information content (AvgIpc) is 3.40. The molecule has 4 rings (SSSR count). The first-order valence-electron chi connectivity index (χ1n) is 9.09. The zero-order valence-corrected chi connectivity index (χ0v) is 17.4. The van der Waals surface area contributed by atoms with Crippen LogP contribution in [0.5, 0.6) is 5.75 Å². The first kappa shape index (κ1) is 19.2. The van der Waals surface area contributed by atoms with Gasteiger partial charge in [0, 0.05) is 11.1 Å². The van der Waals surface area contributed by atoms with Gasteiger partial charge in [-0.25, -0.2) is 0 Å². The summed E-state index contributed by atoms with van der Waals surface area (Å²) in [7, 11) is 1.63. The zero-order chi connectivity index (χ0) is 20.4. The maximum Gasteiger partial charge on any atom is 0.277 e. The van der Waals surface area contributed by atoms with E-state index in [2.05, 4.69) is 34.2 Å². The summed E-state index contributed by atoms with van der Waals surface area (Å²) in [4.78, 5) is 0. The fourth-order valence-electron chi connectivity index (χ4n) is 2.70. The number of hydrogen-bond donors (Lipinski definition) is 0. The zero-order valence-electron chi connectivity index (χ0n) is 16.5. The fourth-order valence-corrected chi connectivity index (χ4v) is 3.41. The van der Waals surface area contributed by atoms with Crippen LogP contribution in [0, 0.1) is 13.8 Å². The lowest BCUT2D eigenvalue weighted by Crippen LogP contribution is -1.88. The monoisotopic (exact) mass is 408 g/mol. The Kier molecular flexibility index (Phi) is 5.35. The average molecular weight is 408 g/mol. The third-order valence-electron chi connectivity index (χ3n) is 4.56. The smallest absolute Gasteiger partial charge is 0.277 e. The molecule has 148 valence electrons. The van der Waals surface area contributed by atoms with E-state index in [4.69, 9.17) is 13.6 Å². The van der Waals surface area contributed by atoms with E-state index >= 15 is 0 Å². The summed E-state index contributed by atoms with van der Waals surface area (Å²) in [6.07, 6.45) is 0. The molecule has 0 bridgehead atoms. The van der Waals surface area contributed by atoms with Gasteiger partial charge >= 0.3 is 0 Å². The van der Waals surface area contributed by atoms with Crippen molar-refractivity contribution >= 4 is 11.8 Å². The summed E-state index contributed by atoms with van der Waals surface area (Å²) < 4.78 is 16.8. The second-order valence-electron chi connectivity index (χ2n) is 6.61. The van der Waals surface area contributed by atoms with Gasteiger partial charge in [0.2, 0.25) is 17.7 Å². The molecule has 0 aliphatic heterocycles. The molecule has 0 aliphatic carbocycles. The molecule has 0 fully saturated rings. The van der Waals surface area contributed by atoms with E-state index in [1.54, 1.807) is 7.11 Å². The number of ether oxygens (including phenoxy) is 1. The molecule has 0 spiro atoms. The molecule has 4 aromatic rings. The minimum atomic E-state index is -0.137. The van der Waals surface area contributed by atoms with Crippen LogP contribution in [-0.2, 0) is 0 Å². The number of thioether (sulfide) groups is 1. The van der Waals surface area contributed by atoms with Crippen molar-refractivity contribution in [1.29, 1.82) is 0 Å². The Hall–Kier alpha value is -3.13. The van der Waals surface area contributed by atoms with Gasteiger partial charge in [0.05, 0.1) is 12.4 Å². The maximum atomic E-state index is 5.82. The lowest BCUT2D eigenvalue weighted by atomic mass is 10.1. The lowest BCUT2D eigenvalue weighted by Gasteiger charge is -2.03. The van der Waals surface area contributed by atoms with Gasteiger partial charge in [-0.2, -0.15) is 0 Å². The summed E-state index contributed by atoms with van der Waals surface area (Å²) in [5.41, 5.74) is 4.14. The van der Waals surface area contributed by atoms with Gasteiger partial charge in [-0.3, -0.25) is 0 Å². The van der Waals surface area contributed by atoms with E-state index in [1.807, 2.05) is 49.4 Å². The number of aromatic nitrogens is 4. The van der Waals surface area contributed by atoms with Crippen LogP contribution in [0.1, 0.15) is 29.2 Å². The van der Waals surface area contributed by atoms with Gasteiger partial charge in [0.1, 0.15) is 5.75 Å². The van der Waals surface area contributed by atoms with Crippen LogP contribution in [0.15, 0.2) is 56.5 Å². The van der Waals surface area contributed by atoms with Crippen molar-refractivity contribution in [2.45, 2.75) is 31.2 Å². The molecule has 0 saturated heterocycles. The van der Waals surface area contributed by atoms with E-state index in [0.717, 1.165) is 16.9 Å². The Morgan fingerprint density at radius 1 is 0.828 bits per heavy atom. The minimum absolute atomic E-state index is 0.137. The highest BCUT2D eigenvalue weighted by molar-refractivity contribution is 7.99. The summed E-state index contributed by atoms with van der Waals surface area (Å²) in [5, 5.41) is 16.9. The van der Waals surface area contributed by atoms with Crippen LogP contribution in [0.4, 0.5) is 0 Å². The van der Waals surface area contributed by atoms with E-state index < -0.39 is 0 Å². The summed E-state index contributed by atoms with van der Waals surface area (Å²) in [6.45, 7) is 6.08. The van der Waals surface area contributed by atoms with Crippen LogP contribution < -0.4 is 4.74 Å². The number of hydrogen-bond acceptors (Lipinski definition) is 8. The van der Waals surface area contributed by atoms with Crippen molar-refractivity contribution in [2.75, 3.05) is 7.11 Å². The van der Waals surface area contributed by atoms with Crippen LogP contribution in [0.2, 0.25) is 0 Å². The van der Waals surface area contributed by atoms with Gasteiger partial charge < -0.3 is 13.6 Å². The van der Waals surface area contributed by atoms with Crippen molar-refractivity contribution < 1.29 is 13.6 Å². The number of nitrogens with zero attached hydrogens (tertiary/aromatic N) is 4. The Balaban J connectivity index is 1.47. The maximum absolute atomic E-state index is 5.82. The molecule has 0 saturated carbocycles. The van der Waals surface area contributed by atoms with Crippen molar-refractivity contribution in [3.05, 3.63) is 59.5 Å². The topological polar surface area (TPSA) is 87.1 Å². The first-order valence-corrected chi connectivity index (χ1v) is 9.97. The van der Waals surface area contributed by atoms with Crippen molar-refractivity contribution in [3.8, 4) is 28.7 Å².